The first-order valence-electron chi connectivity index (χ1n) is 20.8. The first kappa shape index (κ1) is 34.9. The van der Waals surface area contributed by atoms with E-state index in [4.69, 9.17) is 4.42 Å². The van der Waals surface area contributed by atoms with Gasteiger partial charge in [-0.15, -0.1) is 0 Å². The molecule has 0 bridgehead atoms. The third-order valence-electron chi connectivity index (χ3n) is 12.2. The van der Waals surface area contributed by atoms with Gasteiger partial charge in [-0.1, -0.05) is 170 Å². The zero-order valence-corrected chi connectivity index (χ0v) is 33.2. The Morgan fingerprint density at radius 1 is 0.328 bits per heavy atom. The summed E-state index contributed by atoms with van der Waals surface area (Å²) in [6.07, 6.45) is 0. The third kappa shape index (κ3) is 5.74. The van der Waals surface area contributed by atoms with Crippen LogP contribution < -0.4 is 4.90 Å². The lowest BCUT2D eigenvalue weighted by Crippen LogP contribution is -2.10. The van der Waals surface area contributed by atoms with Gasteiger partial charge in [0.2, 0.25) is 0 Å². The lowest BCUT2D eigenvalue weighted by molar-refractivity contribution is 0.670. The number of nitrogens with zero attached hydrogens (tertiary/aromatic N) is 2. The summed E-state index contributed by atoms with van der Waals surface area (Å²) in [7, 11) is 0. The van der Waals surface area contributed by atoms with Crippen LogP contribution in [0.4, 0.5) is 17.1 Å². The molecule has 0 saturated carbocycles. The van der Waals surface area contributed by atoms with Crippen molar-refractivity contribution >= 4 is 71.6 Å². The second-order valence-electron chi connectivity index (χ2n) is 15.6. The first-order chi connectivity index (χ1) is 30.3. The Balaban J connectivity index is 1.09. The molecule has 0 spiro atoms. The summed E-state index contributed by atoms with van der Waals surface area (Å²) >= 11 is 0. The highest BCUT2D eigenvalue weighted by Gasteiger charge is 2.22. The standard InChI is InChI=1S/C58H38N2O/c1-2-18-41(19-3-1)59(42-34-32-40(33-35-42)45-25-14-17-39-16-4-5-20-44(39)45)43-36-37-46(53(38-43)52-27-15-26-51-50-24-9-13-31-57(50)61-58(51)52)47-21-6-10-28-54(47)60-55-29-11-7-22-48(55)49-23-8-12-30-56(49)60/h1-38H. The minimum atomic E-state index is 0.877. The molecule has 286 valence electrons. The number of fused-ring (bicyclic) bond motifs is 7. The molecule has 61 heavy (non-hydrogen) atoms. The number of rotatable bonds is 7. The Morgan fingerprint density at radius 2 is 0.885 bits per heavy atom. The van der Waals surface area contributed by atoms with Crippen molar-refractivity contribution in [2.24, 2.45) is 0 Å². The summed E-state index contributed by atoms with van der Waals surface area (Å²) in [5, 5.41) is 7.17. The molecule has 0 aliphatic rings. The fraction of sp³-hybridized carbons (Fsp3) is 0. The van der Waals surface area contributed by atoms with E-state index in [-0.39, 0.29) is 0 Å². The summed E-state index contributed by atoms with van der Waals surface area (Å²) in [5.74, 6) is 0. The highest BCUT2D eigenvalue weighted by Crippen LogP contribution is 2.46. The molecular formula is C58H38N2O. The molecule has 2 heterocycles. The third-order valence-corrected chi connectivity index (χ3v) is 12.2. The molecule has 2 aromatic heterocycles. The molecule has 12 aromatic rings. The molecule has 3 nitrogen and oxygen atoms in total. The number of anilines is 3. The second-order valence-corrected chi connectivity index (χ2v) is 15.6. The van der Waals surface area contributed by atoms with Crippen LogP contribution in [-0.4, -0.2) is 4.57 Å². The molecule has 12 rings (SSSR count). The Labute approximate surface area is 353 Å². The molecule has 10 aromatic carbocycles. The van der Waals surface area contributed by atoms with Gasteiger partial charge in [0.05, 0.1) is 16.7 Å². The fourth-order valence-corrected chi connectivity index (χ4v) is 9.46. The van der Waals surface area contributed by atoms with Crippen molar-refractivity contribution in [1.82, 2.24) is 4.57 Å². The SMILES string of the molecule is c1ccc(N(c2ccc(-c3cccc4ccccc34)cc2)c2ccc(-c3ccccc3-n3c4ccccc4c4ccccc43)c(-c3cccc4c3oc3ccccc34)c2)cc1. The summed E-state index contributed by atoms with van der Waals surface area (Å²) in [4.78, 5) is 2.36. The highest BCUT2D eigenvalue weighted by atomic mass is 16.3. The van der Waals surface area contributed by atoms with Gasteiger partial charge in [0, 0.05) is 49.7 Å². The van der Waals surface area contributed by atoms with Gasteiger partial charge in [0.15, 0.2) is 0 Å². The van der Waals surface area contributed by atoms with E-state index in [1.807, 2.05) is 6.07 Å². The largest absolute Gasteiger partial charge is 0.455 e. The maximum atomic E-state index is 6.78. The maximum Gasteiger partial charge on any atom is 0.143 e. The van der Waals surface area contributed by atoms with Crippen molar-refractivity contribution in [3.8, 4) is 39.1 Å². The smallest absolute Gasteiger partial charge is 0.143 e. The number of hydrogen-bond donors (Lipinski definition) is 0. The lowest BCUT2D eigenvalue weighted by atomic mass is 9.91. The van der Waals surface area contributed by atoms with Crippen LogP contribution in [0.5, 0.6) is 0 Å². The molecular weight excluding hydrogens is 741 g/mol. The van der Waals surface area contributed by atoms with Gasteiger partial charge >= 0.3 is 0 Å². The van der Waals surface area contributed by atoms with Crippen LogP contribution in [0, 0.1) is 0 Å². The Kier molecular flexibility index (Phi) is 8.17. The second kappa shape index (κ2) is 14.3. The van der Waals surface area contributed by atoms with Crippen LogP contribution in [-0.2, 0) is 0 Å². The molecule has 0 unspecified atom stereocenters. The van der Waals surface area contributed by atoms with E-state index in [9.17, 15) is 0 Å². The van der Waals surface area contributed by atoms with Gasteiger partial charge in [-0.2, -0.15) is 0 Å². The molecule has 0 radical (unpaired) electrons. The summed E-state index contributed by atoms with van der Waals surface area (Å²) < 4.78 is 9.21. The predicted octanol–water partition coefficient (Wildman–Crippen LogP) is 16.3. The number of para-hydroxylation sites is 6. The molecule has 0 atom stereocenters. The molecule has 0 aliphatic heterocycles. The van der Waals surface area contributed by atoms with E-state index in [0.717, 1.165) is 66.9 Å². The van der Waals surface area contributed by atoms with Crippen molar-refractivity contribution in [2.45, 2.75) is 0 Å². The number of hydrogen-bond acceptors (Lipinski definition) is 2. The van der Waals surface area contributed by atoms with Crippen LogP contribution in [0.3, 0.4) is 0 Å². The van der Waals surface area contributed by atoms with Crippen molar-refractivity contribution in [2.75, 3.05) is 4.90 Å². The average molecular weight is 779 g/mol. The highest BCUT2D eigenvalue weighted by molar-refractivity contribution is 6.12. The van der Waals surface area contributed by atoms with Gasteiger partial charge in [0.1, 0.15) is 11.2 Å². The van der Waals surface area contributed by atoms with Gasteiger partial charge in [-0.3, -0.25) is 0 Å². The van der Waals surface area contributed by atoms with E-state index in [1.165, 1.54) is 43.7 Å². The van der Waals surface area contributed by atoms with Crippen LogP contribution in [0.1, 0.15) is 0 Å². The lowest BCUT2D eigenvalue weighted by Gasteiger charge is -2.27. The number of benzene rings is 10. The monoisotopic (exact) mass is 778 g/mol. The quantitative estimate of drug-likeness (QED) is 0.161. The van der Waals surface area contributed by atoms with Crippen molar-refractivity contribution in [3.05, 3.63) is 231 Å². The van der Waals surface area contributed by atoms with Gasteiger partial charge < -0.3 is 13.9 Å². The summed E-state index contributed by atoms with van der Waals surface area (Å²) in [6, 6.07) is 82.9. The fourth-order valence-electron chi connectivity index (χ4n) is 9.46. The van der Waals surface area contributed by atoms with E-state index in [2.05, 4.69) is 234 Å². The topological polar surface area (TPSA) is 21.3 Å². The maximum absolute atomic E-state index is 6.78. The average Bonchev–Trinajstić information content (AvgIpc) is 3.88. The van der Waals surface area contributed by atoms with Gasteiger partial charge in [-0.25, -0.2) is 0 Å². The number of furan rings is 1. The zero-order valence-electron chi connectivity index (χ0n) is 33.2. The van der Waals surface area contributed by atoms with Gasteiger partial charge in [0.25, 0.3) is 0 Å². The zero-order chi connectivity index (χ0) is 40.3. The van der Waals surface area contributed by atoms with E-state index in [1.54, 1.807) is 0 Å². The van der Waals surface area contributed by atoms with Crippen LogP contribution >= 0.6 is 0 Å². The molecule has 0 fully saturated rings. The van der Waals surface area contributed by atoms with Crippen molar-refractivity contribution in [3.63, 3.8) is 0 Å². The van der Waals surface area contributed by atoms with Crippen molar-refractivity contribution in [1.29, 1.82) is 0 Å². The van der Waals surface area contributed by atoms with E-state index >= 15 is 0 Å². The minimum Gasteiger partial charge on any atom is -0.455 e. The van der Waals surface area contributed by atoms with Gasteiger partial charge in [-0.05, 0) is 93.7 Å². The number of aromatic nitrogens is 1. The Morgan fingerprint density at radius 3 is 1.69 bits per heavy atom. The summed E-state index contributed by atoms with van der Waals surface area (Å²) in [6.45, 7) is 0. The Bertz CT molecular complexity index is 3540. The van der Waals surface area contributed by atoms with E-state index < -0.39 is 0 Å². The molecule has 0 N–H and O–H groups in total. The summed E-state index contributed by atoms with van der Waals surface area (Å²) in [5.41, 5.74) is 15.2. The van der Waals surface area contributed by atoms with Crippen molar-refractivity contribution < 1.29 is 4.42 Å². The van der Waals surface area contributed by atoms with E-state index in [0.29, 0.717) is 0 Å². The molecule has 0 saturated heterocycles. The molecule has 0 amide bonds. The normalized spacial score (nSPS) is 11.6. The molecule has 3 heteroatoms. The van der Waals surface area contributed by atoms with Crippen LogP contribution in [0.25, 0.3) is 93.6 Å². The molecule has 0 aliphatic carbocycles. The first-order valence-corrected chi connectivity index (χ1v) is 20.8. The van der Waals surface area contributed by atoms with Crippen LogP contribution in [0.15, 0.2) is 235 Å². The Hall–Kier alpha value is -8.14. The van der Waals surface area contributed by atoms with Crippen LogP contribution in [0.2, 0.25) is 0 Å². The predicted molar refractivity (Wildman–Crippen MR) is 257 cm³/mol. The minimum absolute atomic E-state index is 0.877.